The first kappa shape index (κ1) is 11.3. The van der Waals surface area contributed by atoms with E-state index in [0.29, 0.717) is 6.04 Å². The summed E-state index contributed by atoms with van der Waals surface area (Å²) in [6, 6.07) is 8.68. The average Bonchev–Trinajstić information content (AvgIpc) is 2.19. The molecule has 1 atom stereocenters. The van der Waals surface area contributed by atoms with Crippen LogP contribution in [0.5, 0.6) is 0 Å². The van der Waals surface area contributed by atoms with Crippen LogP contribution < -0.4 is 5.32 Å². The Morgan fingerprint density at radius 1 is 1.43 bits per heavy atom. The molecular formula is C12H14BrN. The van der Waals surface area contributed by atoms with Crippen LogP contribution in [0.4, 0.5) is 0 Å². The minimum absolute atomic E-state index is 0.358. The molecule has 2 heteroatoms. The molecule has 0 aliphatic heterocycles. The number of halogens is 1. The molecule has 1 aromatic rings. The molecule has 0 heterocycles. The van der Waals surface area contributed by atoms with Gasteiger partial charge in [-0.15, -0.1) is 12.3 Å². The molecule has 74 valence electrons. The minimum atomic E-state index is 0.358. The zero-order valence-electron chi connectivity index (χ0n) is 8.26. The molecule has 0 spiro atoms. The second-order valence-electron chi connectivity index (χ2n) is 3.18. The molecule has 0 unspecified atom stereocenters. The van der Waals surface area contributed by atoms with Crippen molar-refractivity contribution in [1.82, 2.24) is 5.32 Å². The van der Waals surface area contributed by atoms with Crippen molar-refractivity contribution in [3.8, 4) is 12.3 Å². The van der Waals surface area contributed by atoms with E-state index in [0.717, 1.165) is 17.4 Å². The zero-order valence-corrected chi connectivity index (χ0v) is 9.84. The fourth-order valence-corrected chi connectivity index (χ4v) is 1.49. The van der Waals surface area contributed by atoms with Gasteiger partial charge in [0.15, 0.2) is 0 Å². The van der Waals surface area contributed by atoms with Crippen LogP contribution in [-0.4, -0.2) is 6.54 Å². The van der Waals surface area contributed by atoms with Crippen molar-refractivity contribution < 1.29 is 0 Å². The van der Waals surface area contributed by atoms with Crippen molar-refractivity contribution in [3.63, 3.8) is 0 Å². The zero-order chi connectivity index (χ0) is 10.4. The molecular weight excluding hydrogens is 238 g/mol. The van der Waals surface area contributed by atoms with Crippen LogP contribution in [0.3, 0.4) is 0 Å². The van der Waals surface area contributed by atoms with E-state index in [9.17, 15) is 0 Å². The fourth-order valence-electron chi connectivity index (χ4n) is 1.23. The highest BCUT2D eigenvalue weighted by molar-refractivity contribution is 9.10. The Bertz CT molecular complexity index is 310. The molecule has 0 aliphatic rings. The Kier molecular flexibility index (Phi) is 4.72. The van der Waals surface area contributed by atoms with Crippen LogP contribution in [-0.2, 0) is 0 Å². The molecule has 1 rings (SSSR count). The Hall–Kier alpha value is -0.780. The van der Waals surface area contributed by atoms with Crippen molar-refractivity contribution in [2.75, 3.05) is 6.54 Å². The molecule has 0 radical (unpaired) electrons. The Labute approximate surface area is 94.0 Å². The number of nitrogens with one attached hydrogen (secondary N) is 1. The second kappa shape index (κ2) is 5.85. The third kappa shape index (κ3) is 3.53. The standard InChI is InChI=1S/C12H14BrN/c1-3-4-9-14-10(2)11-5-7-12(13)8-6-11/h1,5-8,10,14H,4,9H2,2H3/t10-/m0/s1. The Morgan fingerprint density at radius 3 is 2.64 bits per heavy atom. The molecule has 0 amide bonds. The maximum absolute atomic E-state index is 5.18. The van der Waals surface area contributed by atoms with E-state index in [-0.39, 0.29) is 0 Å². The monoisotopic (exact) mass is 251 g/mol. The van der Waals surface area contributed by atoms with Gasteiger partial charge in [0.25, 0.3) is 0 Å². The summed E-state index contributed by atoms with van der Waals surface area (Å²) in [5.41, 5.74) is 1.28. The summed E-state index contributed by atoms with van der Waals surface area (Å²) < 4.78 is 1.11. The van der Waals surface area contributed by atoms with Crippen LogP contribution in [0, 0.1) is 12.3 Å². The third-order valence-corrected chi connectivity index (χ3v) is 2.62. The lowest BCUT2D eigenvalue weighted by molar-refractivity contribution is 0.584. The predicted octanol–water partition coefficient (Wildman–Crippen LogP) is 3.12. The number of hydrogen-bond acceptors (Lipinski definition) is 1. The van der Waals surface area contributed by atoms with Crippen molar-refractivity contribution in [2.45, 2.75) is 19.4 Å². The lowest BCUT2D eigenvalue weighted by Gasteiger charge is -2.13. The summed E-state index contributed by atoms with van der Waals surface area (Å²) in [6.07, 6.45) is 5.96. The van der Waals surface area contributed by atoms with Gasteiger partial charge in [0, 0.05) is 23.5 Å². The average molecular weight is 252 g/mol. The van der Waals surface area contributed by atoms with Crippen molar-refractivity contribution in [2.24, 2.45) is 0 Å². The third-order valence-electron chi connectivity index (χ3n) is 2.09. The molecule has 0 saturated carbocycles. The highest BCUT2D eigenvalue weighted by Gasteiger charge is 2.02. The van der Waals surface area contributed by atoms with Gasteiger partial charge in [-0.3, -0.25) is 0 Å². The summed E-state index contributed by atoms with van der Waals surface area (Å²) in [5, 5.41) is 3.36. The predicted molar refractivity (Wildman–Crippen MR) is 64.0 cm³/mol. The summed E-state index contributed by atoms with van der Waals surface area (Å²) >= 11 is 3.41. The van der Waals surface area contributed by atoms with Crippen LogP contribution >= 0.6 is 15.9 Å². The highest BCUT2D eigenvalue weighted by atomic mass is 79.9. The van der Waals surface area contributed by atoms with Gasteiger partial charge < -0.3 is 5.32 Å². The number of benzene rings is 1. The number of rotatable bonds is 4. The smallest absolute Gasteiger partial charge is 0.0292 e. The van der Waals surface area contributed by atoms with E-state index in [1.54, 1.807) is 0 Å². The normalized spacial score (nSPS) is 12.1. The first-order valence-corrected chi connectivity index (χ1v) is 5.45. The van der Waals surface area contributed by atoms with Gasteiger partial charge in [0.05, 0.1) is 0 Å². The molecule has 0 aromatic heterocycles. The summed E-state index contributed by atoms with van der Waals surface area (Å²) in [6.45, 7) is 3.01. The molecule has 1 nitrogen and oxygen atoms in total. The first-order valence-electron chi connectivity index (χ1n) is 4.66. The molecule has 0 bridgehead atoms. The van der Waals surface area contributed by atoms with Crippen molar-refractivity contribution in [3.05, 3.63) is 34.3 Å². The van der Waals surface area contributed by atoms with Crippen LogP contribution in [0.1, 0.15) is 24.9 Å². The minimum Gasteiger partial charge on any atom is -0.309 e. The first-order chi connectivity index (χ1) is 6.74. The van der Waals surface area contributed by atoms with Gasteiger partial charge in [-0.1, -0.05) is 28.1 Å². The van der Waals surface area contributed by atoms with Gasteiger partial charge in [0.1, 0.15) is 0 Å². The second-order valence-corrected chi connectivity index (χ2v) is 4.10. The SMILES string of the molecule is C#CCCN[C@@H](C)c1ccc(Br)cc1. The van der Waals surface area contributed by atoms with Gasteiger partial charge >= 0.3 is 0 Å². The van der Waals surface area contributed by atoms with Crippen LogP contribution in [0.25, 0.3) is 0 Å². The lowest BCUT2D eigenvalue weighted by Crippen LogP contribution is -2.19. The van der Waals surface area contributed by atoms with Crippen molar-refractivity contribution in [1.29, 1.82) is 0 Å². The lowest BCUT2D eigenvalue weighted by atomic mass is 10.1. The van der Waals surface area contributed by atoms with Gasteiger partial charge in [-0.2, -0.15) is 0 Å². The van der Waals surface area contributed by atoms with E-state index in [4.69, 9.17) is 6.42 Å². The molecule has 14 heavy (non-hydrogen) atoms. The molecule has 1 aromatic carbocycles. The maximum atomic E-state index is 5.18. The van der Waals surface area contributed by atoms with E-state index in [1.165, 1.54) is 5.56 Å². The summed E-state index contributed by atoms with van der Waals surface area (Å²) in [4.78, 5) is 0. The molecule has 0 aliphatic carbocycles. The highest BCUT2D eigenvalue weighted by Crippen LogP contribution is 2.16. The summed E-state index contributed by atoms with van der Waals surface area (Å²) in [5.74, 6) is 2.61. The van der Waals surface area contributed by atoms with Crippen LogP contribution in [0.2, 0.25) is 0 Å². The van der Waals surface area contributed by atoms with E-state index in [1.807, 2.05) is 0 Å². The Balaban J connectivity index is 2.48. The topological polar surface area (TPSA) is 12.0 Å². The summed E-state index contributed by atoms with van der Waals surface area (Å²) in [7, 11) is 0. The molecule has 0 saturated heterocycles. The maximum Gasteiger partial charge on any atom is 0.0292 e. The van der Waals surface area contributed by atoms with E-state index < -0.39 is 0 Å². The molecule has 0 fully saturated rings. The van der Waals surface area contributed by atoms with Gasteiger partial charge in [-0.25, -0.2) is 0 Å². The Morgan fingerprint density at radius 2 is 2.07 bits per heavy atom. The van der Waals surface area contributed by atoms with E-state index >= 15 is 0 Å². The number of hydrogen-bond donors (Lipinski definition) is 1. The fraction of sp³-hybridized carbons (Fsp3) is 0.333. The van der Waals surface area contributed by atoms with Crippen molar-refractivity contribution >= 4 is 15.9 Å². The number of terminal acetylenes is 1. The van der Waals surface area contributed by atoms with Gasteiger partial charge in [-0.05, 0) is 24.6 Å². The van der Waals surface area contributed by atoms with Crippen LogP contribution in [0.15, 0.2) is 28.7 Å². The quantitative estimate of drug-likeness (QED) is 0.641. The molecule has 1 N–H and O–H groups in total. The largest absolute Gasteiger partial charge is 0.309 e. The van der Waals surface area contributed by atoms with Gasteiger partial charge in [0.2, 0.25) is 0 Å². The van der Waals surface area contributed by atoms with E-state index in [2.05, 4.69) is 58.4 Å².